The molecule has 1 N–H and O–H groups in total. The van der Waals surface area contributed by atoms with Gasteiger partial charge >= 0.3 is 0 Å². The topological polar surface area (TPSA) is 21.3 Å². The van der Waals surface area contributed by atoms with Gasteiger partial charge in [-0.05, 0) is 55.8 Å². The van der Waals surface area contributed by atoms with Crippen LogP contribution in [0, 0.1) is 5.92 Å². The van der Waals surface area contributed by atoms with Gasteiger partial charge < -0.3 is 10.1 Å². The molecule has 1 fully saturated rings. The maximum atomic E-state index is 5.94. The van der Waals surface area contributed by atoms with Crippen LogP contribution in [0.2, 0.25) is 5.02 Å². The van der Waals surface area contributed by atoms with E-state index in [1.165, 1.54) is 24.8 Å². The molecule has 0 bridgehead atoms. The first kappa shape index (κ1) is 14.8. The van der Waals surface area contributed by atoms with Crippen LogP contribution in [0.25, 0.3) is 0 Å². The minimum atomic E-state index is 0.515. The van der Waals surface area contributed by atoms with Gasteiger partial charge in [0, 0.05) is 17.7 Å². The van der Waals surface area contributed by atoms with Crippen molar-refractivity contribution in [3.05, 3.63) is 34.9 Å². The van der Waals surface area contributed by atoms with Crippen LogP contribution >= 0.6 is 11.6 Å². The molecule has 0 spiro atoms. The Labute approximate surface area is 121 Å². The monoisotopic (exact) mass is 281 g/mol. The van der Waals surface area contributed by atoms with Gasteiger partial charge in [0.15, 0.2) is 0 Å². The van der Waals surface area contributed by atoms with Gasteiger partial charge in [-0.3, -0.25) is 0 Å². The van der Waals surface area contributed by atoms with Gasteiger partial charge in [0.25, 0.3) is 0 Å². The summed E-state index contributed by atoms with van der Waals surface area (Å²) in [7, 11) is 0. The van der Waals surface area contributed by atoms with Gasteiger partial charge in [0.2, 0.25) is 0 Å². The Kier molecular flexibility index (Phi) is 6.15. The number of hydrogen-bond acceptors (Lipinski definition) is 2. The summed E-state index contributed by atoms with van der Waals surface area (Å²) in [6.07, 6.45) is 4.69. The second-order valence-corrected chi connectivity index (χ2v) is 5.80. The van der Waals surface area contributed by atoms with Gasteiger partial charge in [0.05, 0.1) is 6.61 Å². The maximum absolute atomic E-state index is 5.94. The van der Waals surface area contributed by atoms with Crippen LogP contribution in [0.1, 0.15) is 31.7 Å². The van der Waals surface area contributed by atoms with Crippen molar-refractivity contribution in [1.82, 2.24) is 5.32 Å². The van der Waals surface area contributed by atoms with Crippen LogP contribution in [0.5, 0.6) is 0 Å². The average molecular weight is 282 g/mol. The Bertz CT molecular complexity index is 360. The SMILES string of the molecule is CCCNC(Cc1ccc(Cl)cc1)C1CCCOC1. The normalized spacial score (nSPS) is 21.3. The molecule has 1 aliphatic heterocycles. The molecule has 2 nitrogen and oxygen atoms in total. The summed E-state index contributed by atoms with van der Waals surface area (Å²) in [4.78, 5) is 0. The minimum absolute atomic E-state index is 0.515. The van der Waals surface area contributed by atoms with Gasteiger partial charge in [0.1, 0.15) is 0 Å². The van der Waals surface area contributed by atoms with E-state index in [0.29, 0.717) is 12.0 Å². The molecule has 0 radical (unpaired) electrons. The lowest BCUT2D eigenvalue weighted by Gasteiger charge is -2.31. The summed E-state index contributed by atoms with van der Waals surface area (Å²) in [5.41, 5.74) is 1.35. The van der Waals surface area contributed by atoms with E-state index in [1.54, 1.807) is 0 Å². The number of ether oxygens (including phenoxy) is 1. The third-order valence-electron chi connectivity index (χ3n) is 3.79. The molecule has 3 heteroatoms. The molecule has 1 aromatic carbocycles. The molecule has 1 saturated heterocycles. The molecule has 2 unspecified atom stereocenters. The molecule has 106 valence electrons. The highest BCUT2D eigenvalue weighted by atomic mass is 35.5. The first-order valence-corrected chi connectivity index (χ1v) is 7.73. The molecule has 0 amide bonds. The Balaban J connectivity index is 1.97. The van der Waals surface area contributed by atoms with Crippen LogP contribution in [0.3, 0.4) is 0 Å². The van der Waals surface area contributed by atoms with E-state index in [0.717, 1.165) is 31.2 Å². The number of halogens is 1. The molecular formula is C16H24ClNO. The zero-order chi connectivity index (χ0) is 13.5. The maximum Gasteiger partial charge on any atom is 0.0509 e. The van der Waals surface area contributed by atoms with Crippen LogP contribution in [0.4, 0.5) is 0 Å². The van der Waals surface area contributed by atoms with E-state index < -0.39 is 0 Å². The lowest BCUT2D eigenvalue weighted by atomic mass is 9.89. The molecule has 1 aliphatic rings. The molecule has 0 aromatic heterocycles. The zero-order valence-corrected chi connectivity index (χ0v) is 12.5. The fraction of sp³-hybridized carbons (Fsp3) is 0.625. The first-order valence-electron chi connectivity index (χ1n) is 7.35. The van der Waals surface area contributed by atoms with Crippen molar-refractivity contribution in [1.29, 1.82) is 0 Å². The summed E-state index contributed by atoms with van der Waals surface area (Å²) in [6.45, 7) is 5.12. The fourth-order valence-electron chi connectivity index (χ4n) is 2.69. The van der Waals surface area contributed by atoms with Crippen molar-refractivity contribution in [2.75, 3.05) is 19.8 Å². The van der Waals surface area contributed by atoms with Crippen molar-refractivity contribution in [3.63, 3.8) is 0 Å². The molecule has 0 aliphatic carbocycles. The highest BCUT2D eigenvalue weighted by molar-refractivity contribution is 6.30. The fourth-order valence-corrected chi connectivity index (χ4v) is 2.82. The summed E-state index contributed by atoms with van der Waals surface area (Å²) in [5.74, 6) is 0.635. The Morgan fingerprint density at radius 3 is 2.79 bits per heavy atom. The highest BCUT2D eigenvalue weighted by Gasteiger charge is 2.23. The smallest absolute Gasteiger partial charge is 0.0509 e. The molecule has 0 saturated carbocycles. The zero-order valence-electron chi connectivity index (χ0n) is 11.7. The van der Waals surface area contributed by atoms with Gasteiger partial charge in [-0.2, -0.15) is 0 Å². The Hall–Kier alpha value is -0.570. The molecule has 2 rings (SSSR count). The number of benzene rings is 1. The van der Waals surface area contributed by atoms with Crippen LogP contribution in [-0.2, 0) is 11.2 Å². The second-order valence-electron chi connectivity index (χ2n) is 5.37. The summed E-state index contributed by atoms with van der Waals surface area (Å²) < 4.78 is 5.64. The molecule has 1 heterocycles. The average Bonchev–Trinajstić information content (AvgIpc) is 2.46. The third kappa shape index (κ3) is 4.79. The lowest BCUT2D eigenvalue weighted by Crippen LogP contribution is -2.42. The minimum Gasteiger partial charge on any atom is -0.381 e. The largest absolute Gasteiger partial charge is 0.381 e. The van der Waals surface area contributed by atoms with E-state index in [4.69, 9.17) is 16.3 Å². The van der Waals surface area contributed by atoms with Gasteiger partial charge in [-0.1, -0.05) is 30.7 Å². The van der Waals surface area contributed by atoms with E-state index in [-0.39, 0.29) is 0 Å². The predicted molar refractivity (Wildman–Crippen MR) is 80.8 cm³/mol. The van der Waals surface area contributed by atoms with Gasteiger partial charge in [-0.25, -0.2) is 0 Å². The first-order chi connectivity index (χ1) is 9.29. The molecule has 19 heavy (non-hydrogen) atoms. The summed E-state index contributed by atoms with van der Waals surface area (Å²) >= 11 is 5.94. The van der Waals surface area contributed by atoms with Crippen LogP contribution in [0.15, 0.2) is 24.3 Å². The third-order valence-corrected chi connectivity index (χ3v) is 4.04. The summed E-state index contributed by atoms with van der Waals surface area (Å²) in [6, 6.07) is 8.73. The van der Waals surface area contributed by atoms with E-state index in [2.05, 4.69) is 24.4 Å². The van der Waals surface area contributed by atoms with E-state index in [9.17, 15) is 0 Å². The van der Waals surface area contributed by atoms with Crippen molar-refractivity contribution in [2.45, 2.75) is 38.6 Å². The molecule has 1 aromatic rings. The Morgan fingerprint density at radius 2 is 2.16 bits per heavy atom. The Morgan fingerprint density at radius 1 is 1.37 bits per heavy atom. The van der Waals surface area contributed by atoms with Crippen molar-refractivity contribution in [3.8, 4) is 0 Å². The van der Waals surface area contributed by atoms with E-state index >= 15 is 0 Å². The second kappa shape index (κ2) is 7.88. The standard InChI is InChI=1S/C16H24ClNO/c1-2-9-18-16(14-4-3-10-19-12-14)11-13-5-7-15(17)8-6-13/h5-8,14,16,18H,2-4,9-12H2,1H3. The van der Waals surface area contributed by atoms with Crippen molar-refractivity contribution < 1.29 is 4.74 Å². The predicted octanol–water partition coefficient (Wildman–Crippen LogP) is 3.68. The van der Waals surface area contributed by atoms with Crippen molar-refractivity contribution in [2.24, 2.45) is 5.92 Å². The molecule has 2 atom stereocenters. The van der Waals surface area contributed by atoms with E-state index in [1.807, 2.05) is 12.1 Å². The molecular weight excluding hydrogens is 258 g/mol. The number of nitrogens with one attached hydrogen (secondary N) is 1. The van der Waals surface area contributed by atoms with Crippen LogP contribution in [-0.4, -0.2) is 25.8 Å². The van der Waals surface area contributed by atoms with Crippen molar-refractivity contribution >= 4 is 11.6 Å². The number of hydrogen-bond donors (Lipinski definition) is 1. The number of rotatable bonds is 6. The van der Waals surface area contributed by atoms with Gasteiger partial charge in [-0.15, -0.1) is 0 Å². The van der Waals surface area contributed by atoms with Crippen LogP contribution < -0.4 is 5.32 Å². The lowest BCUT2D eigenvalue weighted by molar-refractivity contribution is 0.0393. The quantitative estimate of drug-likeness (QED) is 0.859. The highest BCUT2D eigenvalue weighted by Crippen LogP contribution is 2.21. The summed E-state index contributed by atoms with van der Waals surface area (Å²) in [5, 5.41) is 4.50.